The molecule has 0 aliphatic rings. The van der Waals surface area contributed by atoms with Gasteiger partial charge in [0.15, 0.2) is 0 Å². The second kappa shape index (κ2) is 8.29. The molecule has 0 saturated heterocycles. The second-order valence-corrected chi connectivity index (χ2v) is 7.41. The smallest absolute Gasteiger partial charge is 0.275 e. The maximum Gasteiger partial charge on any atom is 0.275 e. The first-order chi connectivity index (χ1) is 14.1. The van der Waals surface area contributed by atoms with Crippen molar-refractivity contribution in [3.05, 3.63) is 112 Å². The lowest BCUT2D eigenvalue weighted by atomic mass is 10.0. The Balaban J connectivity index is 1.69. The fourth-order valence-corrected chi connectivity index (χ4v) is 3.34. The van der Waals surface area contributed by atoms with E-state index < -0.39 is 5.91 Å². The van der Waals surface area contributed by atoms with Crippen LogP contribution in [0.15, 0.2) is 101 Å². The first kappa shape index (κ1) is 18.9. The molecule has 0 atom stereocenters. The van der Waals surface area contributed by atoms with Gasteiger partial charge < -0.3 is 5.11 Å². The normalized spacial score (nSPS) is 11.4. The van der Waals surface area contributed by atoms with Crippen molar-refractivity contribution in [2.45, 2.75) is 0 Å². The molecular weight excluding hydrogens is 428 g/mol. The highest BCUT2D eigenvalue weighted by molar-refractivity contribution is 9.10. The molecule has 0 aliphatic heterocycles. The predicted molar refractivity (Wildman–Crippen MR) is 119 cm³/mol. The van der Waals surface area contributed by atoms with E-state index in [4.69, 9.17) is 0 Å². The zero-order valence-corrected chi connectivity index (χ0v) is 16.9. The molecule has 0 aliphatic carbocycles. The Bertz CT molecular complexity index is 1200. The molecule has 0 heterocycles. The summed E-state index contributed by atoms with van der Waals surface area (Å²) in [6, 6.07) is 28.1. The van der Waals surface area contributed by atoms with Crippen LogP contribution in [-0.4, -0.2) is 16.7 Å². The third kappa shape index (κ3) is 4.20. The number of phenolic OH excluding ortho intramolecular Hbond substituents is 1. The quantitative estimate of drug-likeness (QED) is 0.322. The van der Waals surface area contributed by atoms with E-state index in [1.54, 1.807) is 12.1 Å². The van der Waals surface area contributed by atoms with Crippen LogP contribution in [-0.2, 0) is 0 Å². The van der Waals surface area contributed by atoms with E-state index in [9.17, 15) is 9.90 Å². The van der Waals surface area contributed by atoms with E-state index in [2.05, 4.69) is 26.5 Å². The molecule has 0 unspecified atom stereocenters. The Morgan fingerprint density at radius 2 is 1.38 bits per heavy atom. The number of phenols is 1. The number of rotatable bonds is 4. The van der Waals surface area contributed by atoms with Gasteiger partial charge in [-0.2, -0.15) is 5.10 Å². The highest BCUT2D eigenvalue weighted by Gasteiger charge is 2.13. The second-order valence-electron chi connectivity index (χ2n) is 6.49. The number of aromatic hydroxyl groups is 1. The molecule has 5 heteroatoms. The van der Waals surface area contributed by atoms with Crippen LogP contribution in [0.4, 0.5) is 0 Å². The van der Waals surface area contributed by atoms with Gasteiger partial charge in [-0.3, -0.25) is 4.79 Å². The van der Waals surface area contributed by atoms with Gasteiger partial charge in [0, 0.05) is 15.6 Å². The maximum absolute atomic E-state index is 12.7. The van der Waals surface area contributed by atoms with Crippen LogP contribution < -0.4 is 5.43 Å². The molecule has 0 radical (unpaired) electrons. The molecule has 4 aromatic rings. The highest BCUT2D eigenvalue weighted by atomic mass is 79.9. The van der Waals surface area contributed by atoms with Crippen LogP contribution in [0.5, 0.6) is 5.75 Å². The van der Waals surface area contributed by atoms with Crippen molar-refractivity contribution in [1.82, 2.24) is 5.43 Å². The van der Waals surface area contributed by atoms with Crippen LogP contribution in [0, 0.1) is 0 Å². The Kier molecular flexibility index (Phi) is 5.40. The lowest BCUT2D eigenvalue weighted by molar-refractivity contribution is 0.0952. The SMILES string of the molecule is O=C(N/N=C(\c1ccccc1)c1ccc(Br)cc1)c1cc2ccccc2cc1O. The molecule has 0 fully saturated rings. The molecule has 0 saturated carbocycles. The number of hydrogen-bond donors (Lipinski definition) is 2. The largest absolute Gasteiger partial charge is 0.507 e. The predicted octanol–water partition coefficient (Wildman–Crippen LogP) is 5.49. The minimum absolute atomic E-state index is 0.0821. The van der Waals surface area contributed by atoms with Crippen molar-refractivity contribution in [1.29, 1.82) is 0 Å². The number of carbonyl (C=O) groups excluding carboxylic acids is 1. The van der Waals surface area contributed by atoms with Crippen molar-refractivity contribution in [2.75, 3.05) is 0 Å². The van der Waals surface area contributed by atoms with Gasteiger partial charge in [-0.15, -0.1) is 0 Å². The Morgan fingerprint density at radius 3 is 2.07 bits per heavy atom. The minimum Gasteiger partial charge on any atom is -0.507 e. The Labute approximate surface area is 176 Å². The summed E-state index contributed by atoms with van der Waals surface area (Å²) in [6.07, 6.45) is 0. The van der Waals surface area contributed by atoms with Gasteiger partial charge in [0.2, 0.25) is 0 Å². The fourth-order valence-electron chi connectivity index (χ4n) is 3.08. The fraction of sp³-hybridized carbons (Fsp3) is 0. The van der Waals surface area contributed by atoms with Gasteiger partial charge in [0.25, 0.3) is 5.91 Å². The molecule has 0 aromatic heterocycles. The summed E-state index contributed by atoms with van der Waals surface area (Å²) < 4.78 is 0.957. The lowest BCUT2D eigenvalue weighted by Gasteiger charge is -2.09. The van der Waals surface area contributed by atoms with E-state index in [-0.39, 0.29) is 11.3 Å². The van der Waals surface area contributed by atoms with E-state index in [0.717, 1.165) is 26.4 Å². The molecule has 29 heavy (non-hydrogen) atoms. The first-order valence-corrected chi connectivity index (χ1v) is 9.82. The van der Waals surface area contributed by atoms with Gasteiger partial charge in [0.1, 0.15) is 5.75 Å². The molecule has 0 bridgehead atoms. The summed E-state index contributed by atoms with van der Waals surface area (Å²) in [5.74, 6) is -0.555. The number of benzene rings is 4. The number of nitrogens with zero attached hydrogens (tertiary/aromatic N) is 1. The van der Waals surface area contributed by atoms with Crippen LogP contribution >= 0.6 is 15.9 Å². The lowest BCUT2D eigenvalue weighted by Crippen LogP contribution is -2.20. The van der Waals surface area contributed by atoms with E-state index in [1.165, 1.54) is 0 Å². The van der Waals surface area contributed by atoms with Crippen molar-refractivity contribution in [3.63, 3.8) is 0 Å². The summed E-state index contributed by atoms with van der Waals surface area (Å²) in [6.45, 7) is 0. The van der Waals surface area contributed by atoms with Gasteiger partial charge in [-0.05, 0) is 35.0 Å². The molecular formula is C24H17BrN2O2. The van der Waals surface area contributed by atoms with Crippen molar-refractivity contribution in [2.24, 2.45) is 5.10 Å². The molecule has 4 rings (SSSR count). The van der Waals surface area contributed by atoms with Gasteiger partial charge in [-0.1, -0.05) is 82.7 Å². The van der Waals surface area contributed by atoms with Gasteiger partial charge >= 0.3 is 0 Å². The topological polar surface area (TPSA) is 61.7 Å². The number of nitrogens with one attached hydrogen (secondary N) is 1. The van der Waals surface area contributed by atoms with E-state index >= 15 is 0 Å². The average molecular weight is 445 g/mol. The standard InChI is InChI=1S/C24H17BrN2O2/c25-20-12-10-17(11-13-20)23(16-6-2-1-3-7-16)26-27-24(29)21-14-18-8-4-5-9-19(18)15-22(21)28/h1-15,28H,(H,27,29)/b26-23+. The summed E-state index contributed by atoms with van der Waals surface area (Å²) in [5.41, 5.74) is 5.14. The summed E-state index contributed by atoms with van der Waals surface area (Å²) >= 11 is 3.43. The van der Waals surface area contributed by atoms with Crippen LogP contribution in [0.3, 0.4) is 0 Å². The highest BCUT2D eigenvalue weighted by Crippen LogP contribution is 2.25. The molecule has 142 valence electrons. The van der Waals surface area contributed by atoms with Gasteiger partial charge in [-0.25, -0.2) is 5.43 Å². The van der Waals surface area contributed by atoms with E-state index in [1.807, 2.05) is 78.9 Å². The number of halogens is 1. The Morgan fingerprint density at radius 1 is 0.793 bits per heavy atom. The van der Waals surface area contributed by atoms with Crippen LogP contribution in [0.1, 0.15) is 21.5 Å². The Hall–Kier alpha value is -3.44. The van der Waals surface area contributed by atoms with Crippen molar-refractivity contribution >= 4 is 38.3 Å². The number of carbonyl (C=O) groups is 1. The molecule has 0 spiro atoms. The number of amides is 1. The zero-order valence-electron chi connectivity index (χ0n) is 15.3. The average Bonchev–Trinajstić information content (AvgIpc) is 2.75. The third-order valence-corrected chi connectivity index (χ3v) is 5.07. The summed E-state index contributed by atoms with van der Waals surface area (Å²) in [7, 11) is 0. The molecule has 4 aromatic carbocycles. The molecule has 2 N–H and O–H groups in total. The number of hydrogen-bond acceptors (Lipinski definition) is 3. The molecule has 4 nitrogen and oxygen atoms in total. The molecule has 1 amide bonds. The first-order valence-electron chi connectivity index (χ1n) is 9.03. The maximum atomic E-state index is 12.7. The zero-order chi connectivity index (χ0) is 20.2. The van der Waals surface area contributed by atoms with Crippen LogP contribution in [0.25, 0.3) is 10.8 Å². The number of hydrazone groups is 1. The minimum atomic E-state index is -0.473. The van der Waals surface area contributed by atoms with E-state index in [0.29, 0.717) is 5.71 Å². The monoisotopic (exact) mass is 444 g/mol. The van der Waals surface area contributed by atoms with Crippen LogP contribution in [0.2, 0.25) is 0 Å². The number of fused-ring (bicyclic) bond motifs is 1. The third-order valence-electron chi connectivity index (χ3n) is 4.54. The van der Waals surface area contributed by atoms with Crippen molar-refractivity contribution in [3.8, 4) is 5.75 Å². The summed E-state index contributed by atoms with van der Waals surface area (Å²) in [4.78, 5) is 12.7. The van der Waals surface area contributed by atoms with Crippen molar-refractivity contribution < 1.29 is 9.90 Å². The summed E-state index contributed by atoms with van der Waals surface area (Å²) in [5, 5.41) is 16.4. The van der Waals surface area contributed by atoms with Gasteiger partial charge in [0.05, 0.1) is 11.3 Å².